The van der Waals surface area contributed by atoms with E-state index in [-0.39, 0.29) is 17.9 Å². The molecule has 1 atom stereocenters. The molecule has 0 N–H and O–H groups in total. The van der Waals surface area contributed by atoms with Crippen LogP contribution in [-0.2, 0) is 16.0 Å². The number of hydrogen-bond acceptors (Lipinski definition) is 5. The zero-order valence-electron chi connectivity index (χ0n) is 14.2. The van der Waals surface area contributed by atoms with E-state index in [1.165, 1.54) is 0 Å². The maximum absolute atomic E-state index is 12.6. The predicted octanol–water partition coefficient (Wildman–Crippen LogP) is 0.174. The van der Waals surface area contributed by atoms with Gasteiger partial charge in [0.25, 0.3) is 0 Å². The van der Waals surface area contributed by atoms with Crippen LogP contribution in [0.25, 0.3) is 0 Å². The number of amides is 2. The quantitative estimate of drug-likeness (QED) is 0.787. The fourth-order valence-electron chi connectivity index (χ4n) is 3.46. The Labute approximate surface area is 142 Å². The smallest absolute Gasteiger partial charge is 0.240 e. The van der Waals surface area contributed by atoms with Crippen LogP contribution in [0.4, 0.5) is 0 Å². The van der Waals surface area contributed by atoms with Crippen molar-refractivity contribution in [1.29, 1.82) is 0 Å². The number of aromatic nitrogens is 2. The van der Waals surface area contributed by atoms with E-state index in [9.17, 15) is 9.59 Å². The molecular weight excluding hydrogens is 306 g/mol. The molecule has 0 aliphatic carbocycles. The van der Waals surface area contributed by atoms with E-state index in [0.29, 0.717) is 39.0 Å². The summed E-state index contributed by atoms with van der Waals surface area (Å²) in [5, 5.41) is 0. The molecule has 3 rings (SSSR count). The van der Waals surface area contributed by atoms with Gasteiger partial charge in [0.05, 0.1) is 11.7 Å². The van der Waals surface area contributed by atoms with E-state index < -0.39 is 0 Å². The fourth-order valence-corrected chi connectivity index (χ4v) is 3.46. The minimum atomic E-state index is 0.0314. The zero-order chi connectivity index (χ0) is 16.9. The van der Waals surface area contributed by atoms with Gasteiger partial charge in [0, 0.05) is 51.2 Å². The topological polar surface area (TPSA) is 69.6 Å². The molecular formula is C17H25N5O2. The van der Waals surface area contributed by atoms with Gasteiger partial charge < -0.3 is 9.80 Å². The van der Waals surface area contributed by atoms with Gasteiger partial charge in [-0.05, 0) is 32.9 Å². The van der Waals surface area contributed by atoms with Crippen molar-refractivity contribution in [2.75, 3.05) is 39.8 Å². The third-order valence-corrected chi connectivity index (χ3v) is 4.96. The molecule has 2 aliphatic heterocycles. The number of carbonyl (C=O) groups is 2. The Kier molecular flexibility index (Phi) is 5.40. The molecule has 24 heavy (non-hydrogen) atoms. The summed E-state index contributed by atoms with van der Waals surface area (Å²) in [7, 11) is 2.02. The van der Waals surface area contributed by atoms with Crippen molar-refractivity contribution in [3.05, 3.63) is 24.3 Å². The molecule has 7 nitrogen and oxygen atoms in total. The number of piperazine rings is 1. The van der Waals surface area contributed by atoms with Gasteiger partial charge in [-0.1, -0.05) is 0 Å². The Morgan fingerprint density at radius 1 is 1.12 bits per heavy atom. The van der Waals surface area contributed by atoms with E-state index in [1.807, 2.05) is 16.8 Å². The highest BCUT2D eigenvalue weighted by Crippen LogP contribution is 2.18. The number of hydrogen-bond donors (Lipinski definition) is 0. The second-order valence-electron chi connectivity index (χ2n) is 6.54. The molecule has 0 radical (unpaired) electrons. The molecule has 0 bridgehead atoms. The summed E-state index contributed by atoms with van der Waals surface area (Å²) in [4.78, 5) is 39.0. The summed E-state index contributed by atoms with van der Waals surface area (Å²) in [6.07, 6.45) is 8.06. The van der Waals surface area contributed by atoms with Crippen molar-refractivity contribution >= 4 is 11.8 Å². The number of rotatable bonds is 4. The van der Waals surface area contributed by atoms with Gasteiger partial charge >= 0.3 is 0 Å². The largest absolute Gasteiger partial charge is 0.339 e. The minimum Gasteiger partial charge on any atom is -0.339 e. The summed E-state index contributed by atoms with van der Waals surface area (Å²) < 4.78 is 0. The molecule has 2 aliphatic rings. The van der Waals surface area contributed by atoms with Gasteiger partial charge in [-0.2, -0.15) is 0 Å². The Hall–Kier alpha value is -2.02. The normalized spacial score (nSPS) is 22.0. The number of aryl methyl sites for hydroxylation is 1. The Morgan fingerprint density at radius 3 is 2.50 bits per heavy atom. The van der Waals surface area contributed by atoms with Crippen molar-refractivity contribution in [3.63, 3.8) is 0 Å². The maximum atomic E-state index is 12.6. The van der Waals surface area contributed by atoms with Crippen LogP contribution in [0.15, 0.2) is 18.6 Å². The van der Waals surface area contributed by atoms with Gasteiger partial charge in [0.15, 0.2) is 0 Å². The van der Waals surface area contributed by atoms with Crippen molar-refractivity contribution in [1.82, 2.24) is 24.7 Å². The van der Waals surface area contributed by atoms with E-state index >= 15 is 0 Å². The molecule has 3 heterocycles. The lowest BCUT2D eigenvalue weighted by atomic mass is 10.1. The second kappa shape index (κ2) is 7.70. The lowest BCUT2D eigenvalue weighted by molar-refractivity contribution is -0.142. The monoisotopic (exact) mass is 331 g/mol. The van der Waals surface area contributed by atoms with Gasteiger partial charge in [-0.3, -0.25) is 24.5 Å². The van der Waals surface area contributed by atoms with Crippen LogP contribution in [0.2, 0.25) is 0 Å². The van der Waals surface area contributed by atoms with Crippen molar-refractivity contribution in [2.24, 2.45) is 0 Å². The van der Waals surface area contributed by atoms with Crippen LogP contribution >= 0.6 is 0 Å². The van der Waals surface area contributed by atoms with E-state index in [4.69, 9.17) is 0 Å². The third-order valence-electron chi connectivity index (χ3n) is 4.96. The first-order valence-electron chi connectivity index (χ1n) is 8.67. The average molecular weight is 331 g/mol. The maximum Gasteiger partial charge on any atom is 0.240 e. The van der Waals surface area contributed by atoms with Crippen LogP contribution in [0.5, 0.6) is 0 Å². The van der Waals surface area contributed by atoms with Gasteiger partial charge in [-0.15, -0.1) is 0 Å². The minimum absolute atomic E-state index is 0.0314. The SMILES string of the molecule is CN1CCC[C@@H]1C(=O)N1CCN(C(=O)CCc2cnccn2)CC1. The first kappa shape index (κ1) is 16.8. The highest BCUT2D eigenvalue weighted by atomic mass is 16.2. The number of nitrogens with zero attached hydrogens (tertiary/aromatic N) is 5. The molecule has 0 aromatic carbocycles. The summed E-state index contributed by atoms with van der Waals surface area (Å²) in [5.41, 5.74) is 0.837. The standard InChI is InChI=1S/C17H25N5O2/c1-20-8-2-3-15(20)17(24)22-11-9-21(10-12-22)16(23)5-4-14-13-18-6-7-19-14/h6-7,13,15H,2-5,8-12H2,1H3/t15-/m1/s1. The number of likely N-dealkylation sites (tertiary alicyclic amines) is 1. The second-order valence-corrected chi connectivity index (χ2v) is 6.54. The molecule has 0 unspecified atom stereocenters. The van der Waals surface area contributed by atoms with Crippen LogP contribution in [0.3, 0.4) is 0 Å². The first-order valence-corrected chi connectivity index (χ1v) is 8.67. The zero-order valence-corrected chi connectivity index (χ0v) is 14.2. The molecule has 130 valence electrons. The van der Waals surface area contributed by atoms with Crippen LogP contribution in [0.1, 0.15) is 25.0 Å². The molecule has 7 heteroatoms. The first-order chi connectivity index (χ1) is 11.6. The third kappa shape index (κ3) is 3.90. The predicted molar refractivity (Wildman–Crippen MR) is 89.2 cm³/mol. The summed E-state index contributed by atoms with van der Waals surface area (Å²) in [5.74, 6) is 0.354. The Balaban J connectivity index is 1.44. The van der Waals surface area contributed by atoms with Crippen molar-refractivity contribution < 1.29 is 9.59 Å². The summed E-state index contributed by atoms with van der Waals surface area (Å²) in [6.45, 7) is 3.53. The Bertz CT molecular complexity index is 572. The lowest BCUT2D eigenvalue weighted by Crippen LogP contribution is -2.54. The van der Waals surface area contributed by atoms with Crippen molar-refractivity contribution in [3.8, 4) is 0 Å². The highest BCUT2D eigenvalue weighted by Gasteiger charge is 2.33. The van der Waals surface area contributed by atoms with Gasteiger partial charge in [0.2, 0.25) is 11.8 Å². The summed E-state index contributed by atoms with van der Waals surface area (Å²) >= 11 is 0. The van der Waals surface area contributed by atoms with Crippen LogP contribution in [-0.4, -0.2) is 82.3 Å². The lowest BCUT2D eigenvalue weighted by Gasteiger charge is -2.37. The highest BCUT2D eigenvalue weighted by molar-refractivity contribution is 5.83. The van der Waals surface area contributed by atoms with E-state index in [2.05, 4.69) is 14.9 Å². The van der Waals surface area contributed by atoms with Crippen LogP contribution < -0.4 is 0 Å². The molecule has 2 fully saturated rings. The molecule has 2 saturated heterocycles. The van der Waals surface area contributed by atoms with Crippen LogP contribution in [0, 0.1) is 0 Å². The molecule has 0 spiro atoms. The summed E-state index contributed by atoms with van der Waals surface area (Å²) in [6, 6.07) is 0.0314. The molecule has 2 amide bonds. The molecule has 1 aromatic heterocycles. The van der Waals surface area contributed by atoms with Gasteiger partial charge in [0.1, 0.15) is 0 Å². The molecule has 0 saturated carbocycles. The Morgan fingerprint density at radius 2 is 1.88 bits per heavy atom. The number of carbonyl (C=O) groups excluding carboxylic acids is 2. The van der Waals surface area contributed by atoms with E-state index in [0.717, 1.165) is 25.1 Å². The van der Waals surface area contributed by atoms with E-state index in [1.54, 1.807) is 18.6 Å². The van der Waals surface area contributed by atoms with Gasteiger partial charge in [-0.25, -0.2) is 0 Å². The van der Waals surface area contributed by atoms with Crippen molar-refractivity contribution in [2.45, 2.75) is 31.7 Å². The average Bonchev–Trinajstić information content (AvgIpc) is 3.06. The number of likely N-dealkylation sites (N-methyl/N-ethyl adjacent to an activating group) is 1. The molecule has 1 aromatic rings. The fraction of sp³-hybridized carbons (Fsp3) is 0.647.